The molecule has 1 aromatic carbocycles. The molecule has 8 nitrogen and oxygen atoms in total. The normalized spacial score (nSPS) is 26.7. The van der Waals surface area contributed by atoms with Gasteiger partial charge in [0.25, 0.3) is 5.92 Å². The van der Waals surface area contributed by atoms with Crippen LogP contribution in [-0.2, 0) is 9.16 Å². The van der Waals surface area contributed by atoms with E-state index >= 15 is 4.39 Å². The van der Waals surface area contributed by atoms with Gasteiger partial charge in [0.2, 0.25) is 0 Å². The smallest absolute Gasteiger partial charge is 0.411 e. The lowest BCUT2D eigenvalue weighted by atomic mass is 9.97. The number of anilines is 1. The number of piperazine rings is 1. The van der Waals surface area contributed by atoms with Gasteiger partial charge in [-0.05, 0) is 64.7 Å². The number of carbonyl (C=O) groups excluding carboxylic acids is 1. The molecule has 3 atom stereocenters. The first-order valence-corrected chi connectivity index (χ1v) is 18.1. The molecule has 0 unspecified atom stereocenters. The van der Waals surface area contributed by atoms with Crippen molar-refractivity contribution in [3.8, 4) is 6.01 Å². The average molecular weight is 641 g/mol. The van der Waals surface area contributed by atoms with Crippen LogP contribution in [0.3, 0.4) is 0 Å². The van der Waals surface area contributed by atoms with E-state index in [4.69, 9.17) is 13.9 Å². The summed E-state index contributed by atoms with van der Waals surface area (Å²) >= 11 is 0. The van der Waals surface area contributed by atoms with E-state index in [1.165, 1.54) is 0 Å². The summed E-state index contributed by atoms with van der Waals surface area (Å²) in [5.41, 5.74) is -3.02. The Morgan fingerprint density at radius 2 is 1.75 bits per heavy atom. The number of fused-ring (bicyclic) bond motifs is 3. The van der Waals surface area contributed by atoms with Gasteiger partial charge in [-0.1, -0.05) is 20.8 Å². The van der Waals surface area contributed by atoms with Gasteiger partial charge in [-0.2, -0.15) is 9.97 Å². The molecule has 3 aliphatic rings. The largest absolute Gasteiger partial charge is 0.462 e. The Hall–Kier alpha value is -2.67. The van der Waals surface area contributed by atoms with E-state index in [-0.39, 0.29) is 40.4 Å². The molecule has 2 saturated heterocycles. The van der Waals surface area contributed by atoms with Crippen LogP contribution < -0.4 is 9.64 Å². The second-order valence-electron chi connectivity index (χ2n) is 15.5. The van der Waals surface area contributed by atoms with Crippen LogP contribution in [0.4, 0.5) is 28.2 Å². The molecular weight excluding hydrogens is 596 g/mol. The second kappa shape index (κ2) is 10.4. The molecule has 2 bridgehead atoms. The fourth-order valence-corrected chi connectivity index (χ4v) is 7.04. The monoisotopic (exact) mass is 640 g/mol. The second-order valence-corrected chi connectivity index (χ2v) is 20.3. The highest BCUT2D eigenvalue weighted by Crippen LogP contribution is 2.61. The molecule has 0 spiro atoms. The summed E-state index contributed by atoms with van der Waals surface area (Å²) in [6, 6.07) is 1.38. The molecule has 1 aliphatic carbocycles. The lowest BCUT2D eigenvalue weighted by Gasteiger charge is -2.47. The van der Waals surface area contributed by atoms with Crippen LogP contribution in [0.1, 0.15) is 67.7 Å². The van der Waals surface area contributed by atoms with Gasteiger partial charge in [-0.3, -0.25) is 4.90 Å². The zero-order chi connectivity index (χ0) is 32.7. The summed E-state index contributed by atoms with van der Waals surface area (Å²) in [7, 11) is -2.32. The Bertz CT molecular complexity index is 1460. The molecule has 1 amide bonds. The maximum Gasteiger partial charge on any atom is 0.411 e. The predicted molar refractivity (Wildman–Crippen MR) is 162 cm³/mol. The van der Waals surface area contributed by atoms with Crippen molar-refractivity contribution in [1.29, 1.82) is 0 Å². The van der Waals surface area contributed by atoms with E-state index in [0.29, 0.717) is 25.9 Å². The molecule has 0 radical (unpaired) electrons. The van der Waals surface area contributed by atoms with Crippen LogP contribution in [0.5, 0.6) is 6.01 Å². The summed E-state index contributed by atoms with van der Waals surface area (Å²) < 4.78 is 76.7. The predicted octanol–water partition coefficient (Wildman–Crippen LogP) is 7.31. The molecule has 244 valence electrons. The number of amides is 1. The van der Waals surface area contributed by atoms with Crippen molar-refractivity contribution >= 4 is 31.1 Å². The summed E-state index contributed by atoms with van der Waals surface area (Å²) in [4.78, 5) is 25.5. The summed E-state index contributed by atoms with van der Waals surface area (Å²) in [6.45, 7) is 17.5. The molecule has 3 fully saturated rings. The number of hydrogen-bond acceptors (Lipinski definition) is 7. The molecule has 13 heteroatoms. The van der Waals surface area contributed by atoms with Crippen molar-refractivity contribution in [3.05, 3.63) is 23.8 Å². The highest BCUT2D eigenvalue weighted by atomic mass is 28.4. The van der Waals surface area contributed by atoms with E-state index in [0.717, 1.165) is 12.1 Å². The minimum atomic E-state index is -2.99. The number of rotatable bonds is 7. The first kappa shape index (κ1) is 32.7. The zero-order valence-corrected chi connectivity index (χ0v) is 28.1. The van der Waals surface area contributed by atoms with Crippen LogP contribution >= 0.6 is 0 Å². The van der Waals surface area contributed by atoms with Crippen molar-refractivity contribution in [2.24, 2.45) is 5.41 Å². The van der Waals surface area contributed by atoms with Crippen molar-refractivity contribution < 1.29 is 36.3 Å². The van der Waals surface area contributed by atoms with Gasteiger partial charge < -0.3 is 18.8 Å². The van der Waals surface area contributed by atoms with Gasteiger partial charge in [0.15, 0.2) is 14.1 Å². The molecular formula is C31H44F4N4O4Si. The SMILES string of the molecule is CC(C)(C)OC(=O)N1[C@@H]2CC[C@@]1(C)CN(c1nc(OC[C@]3(CO[Si](C)(C)C(C)(C)C)CC3(F)F)nc3c(F)cc(F)cc13)C2. The Morgan fingerprint density at radius 1 is 1.09 bits per heavy atom. The minimum absolute atomic E-state index is 0.135. The fourth-order valence-electron chi connectivity index (χ4n) is 5.97. The molecule has 0 N–H and O–H groups in total. The first-order valence-electron chi connectivity index (χ1n) is 15.2. The van der Waals surface area contributed by atoms with Crippen LogP contribution in [0.2, 0.25) is 18.1 Å². The van der Waals surface area contributed by atoms with Crippen molar-refractivity contribution in [1.82, 2.24) is 14.9 Å². The van der Waals surface area contributed by atoms with Crippen LogP contribution in [-0.4, -0.2) is 78.7 Å². The summed E-state index contributed by atoms with van der Waals surface area (Å²) in [6.07, 6.45) is 0.606. The Kier molecular flexibility index (Phi) is 7.75. The average Bonchev–Trinajstić information content (AvgIpc) is 3.34. The van der Waals surface area contributed by atoms with Crippen molar-refractivity contribution in [2.45, 2.75) is 109 Å². The van der Waals surface area contributed by atoms with Crippen LogP contribution in [0.25, 0.3) is 10.9 Å². The lowest BCUT2D eigenvalue weighted by Crippen LogP contribution is -2.63. The molecule has 1 aromatic heterocycles. The van der Waals surface area contributed by atoms with E-state index in [1.54, 1.807) is 4.90 Å². The highest BCUT2D eigenvalue weighted by molar-refractivity contribution is 6.74. The van der Waals surface area contributed by atoms with Gasteiger partial charge in [0, 0.05) is 37.6 Å². The van der Waals surface area contributed by atoms with Gasteiger partial charge in [0.05, 0.1) is 17.0 Å². The maximum absolute atomic E-state index is 15.1. The Labute approximate surface area is 257 Å². The third kappa shape index (κ3) is 5.98. The number of halogens is 4. The zero-order valence-electron chi connectivity index (χ0n) is 27.1. The van der Waals surface area contributed by atoms with E-state index < -0.39 is 61.6 Å². The maximum atomic E-state index is 15.1. The quantitative estimate of drug-likeness (QED) is 0.232. The summed E-state index contributed by atoms with van der Waals surface area (Å²) in [5.74, 6) is -4.48. The summed E-state index contributed by atoms with van der Waals surface area (Å²) in [5, 5.41) is -0.0253. The Balaban J connectivity index is 1.43. The van der Waals surface area contributed by atoms with Gasteiger partial charge in [-0.15, -0.1) is 0 Å². The van der Waals surface area contributed by atoms with Crippen LogP contribution in [0, 0.1) is 17.0 Å². The third-order valence-corrected chi connectivity index (χ3v) is 14.2. The first-order chi connectivity index (χ1) is 20.1. The standard InChI is InChI=1S/C31H44F4N4O4Si/c1-27(2,3)43-26(40)39-20-10-11-29(39,7)16-38(14-20)24-21-12-19(32)13-22(33)23(21)36-25(37-24)41-17-30(15-31(30,34)35)18-42-44(8,9)28(4,5)6/h12-13,20H,10-11,14-18H2,1-9H3/t20-,29+,30+/m1/s1. The van der Waals surface area contributed by atoms with Gasteiger partial charge >= 0.3 is 12.1 Å². The molecule has 2 aliphatic heterocycles. The lowest BCUT2D eigenvalue weighted by molar-refractivity contribution is -0.00292. The molecule has 5 rings (SSSR count). The third-order valence-electron chi connectivity index (χ3n) is 9.70. The van der Waals surface area contributed by atoms with Crippen molar-refractivity contribution in [3.63, 3.8) is 0 Å². The number of benzene rings is 1. The van der Waals surface area contributed by atoms with Crippen LogP contribution in [0.15, 0.2) is 12.1 Å². The molecule has 3 heterocycles. The molecule has 44 heavy (non-hydrogen) atoms. The number of alkyl halides is 2. The molecule has 2 aromatic rings. The van der Waals surface area contributed by atoms with E-state index in [9.17, 15) is 18.0 Å². The van der Waals surface area contributed by atoms with E-state index in [2.05, 4.69) is 9.97 Å². The van der Waals surface area contributed by atoms with Gasteiger partial charge in [0.1, 0.15) is 29.4 Å². The number of carbonyl (C=O) groups is 1. The fraction of sp³-hybridized carbons (Fsp3) is 0.710. The molecule has 1 saturated carbocycles. The van der Waals surface area contributed by atoms with E-state index in [1.807, 2.05) is 66.5 Å². The number of aromatic nitrogens is 2. The highest BCUT2D eigenvalue weighted by Gasteiger charge is 2.72. The minimum Gasteiger partial charge on any atom is -0.462 e. The number of ether oxygens (including phenoxy) is 2. The number of hydrogen-bond donors (Lipinski definition) is 0. The Morgan fingerprint density at radius 3 is 2.32 bits per heavy atom. The van der Waals surface area contributed by atoms with Crippen molar-refractivity contribution in [2.75, 3.05) is 31.2 Å². The van der Waals surface area contributed by atoms with Gasteiger partial charge in [-0.25, -0.2) is 22.4 Å². The topological polar surface area (TPSA) is 77.0 Å². The number of nitrogens with zero attached hydrogens (tertiary/aromatic N) is 4.